The van der Waals surface area contributed by atoms with E-state index in [-0.39, 0.29) is 5.56 Å². The van der Waals surface area contributed by atoms with Gasteiger partial charge in [-0.15, -0.1) is 0 Å². The number of rotatable bonds is 5. The Morgan fingerprint density at radius 3 is 2.78 bits per heavy atom. The molecule has 2 aromatic heterocycles. The van der Waals surface area contributed by atoms with E-state index < -0.39 is 5.82 Å². The molecule has 0 bridgehead atoms. The summed E-state index contributed by atoms with van der Waals surface area (Å²) in [5.74, 6) is 0.519. The average molecular weight is 444 g/mol. The van der Waals surface area contributed by atoms with Gasteiger partial charge in [0.2, 0.25) is 5.95 Å². The molecule has 32 heavy (non-hydrogen) atoms. The number of anilines is 1. The quantitative estimate of drug-likeness (QED) is 0.434. The lowest BCUT2D eigenvalue weighted by atomic mass is 9.99. The van der Waals surface area contributed by atoms with E-state index in [0.717, 1.165) is 42.5 Å². The lowest BCUT2D eigenvalue weighted by Crippen LogP contribution is -2.18. The largest absolute Gasteiger partial charge is 0.354 e. The summed E-state index contributed by atoms with van der Waals surface area (Å²) in [4.78, 5) is 9.52. The lowest BCUT2D eigenvalue weighted by Gasteiger charge is -2.14. The molecule has 0 aliphatic carbocycles. The molecule has 5 nitrogen and oxygen atoms in total. The van der Waals surface area contributed by atoms with Gasteiger partial charge in [0.25, 0.3) is 0 Å². The fourth-order valence-corrected chi connectivity index (χ4v) is 4.99. The van der Waals surface area contributed by atoms with Crippen LogP contribution in [0.25, 0.3) is 33.3 Å². The molecule has 1 aliphatic rings. The van der Waals surface area contributed by atoms with Crippen LogP contribution in [0.4, 0.5) is 10.3 Å². The number of thiophene rings is 1. The topological polar surface area (TPSA) is 73.6 Å². The second-order valence-electron chi connectivity index (χ2n) is 8.14. The highest BCUT2D eigenvalue weighted by atomic mass is 32.1. The van der Waals surface area contributed by atoms with Crippen LogP contribution in [0.3, 0.4) is 0 Å². The van der Waals surface area contributed by atoms with Crippen molar-refractivity contribution in [3.8, 4) is 28.5 Å². The van der Waals surface area contributed by atoms with Crippen molar-refractivity contribution in [2.75, 3.05) is 25.0 Å². The Hall–Kier alpha value is -3.34. The average Bonchev–Trinajstić information content (AvgIpc) is 3.48. The Bertz CT molecular complexity index is 1330. The number of fused-ring (bicyclic) bond motifs is 1. The predicted molar refractivity (Wildman–Crippen MR) is 127 cm³/mol. The van der Waals surface area contributed by atoms with E-state index in [1.165, 1.54) is 23.3 Å². The molecule has 0 amide bonds. The highest BCUT2D eigenvalue weighted by Gasteiger charge is 2.17. The molecule has 2 N–H and O–H groups in total. The molecule has 1 saturated heterocycles. The van der Waals surface area contributed by atoms with E-state index in [0.29, 0.717) is 23.1 Å². The van der Waals surface area contributed by atoms with Crippen molar-refractivity contribution in [1.29, 1.82) is 5.26 Å². The zero-order valence-electron chi connectivity index (χ0n) is 17.7. The van der Waals surface area contributed by atoms with Crippen molar-refractivity contribution in [3.05, 3.63) is 64.1 Å². The molecule has 4 aromatic rings. The SMILES string of the molecule is Cc1cscc1-c1ccc2nc(NCC3CCNC3)nc(-c3ccc(C#N)c(F)c3)c2c1. The fourth-order valence-electron chi connectivity index (χ4n) is 4.13. The highest BCUT2D eigenvalue weighted by molar-refractivity contribution is 7.08. The summed E-state index contributed by atoms with van der Waals surface area (Å²) in [7, 11) is 0. The zero-order chi connectivity index (χ0) is 22.1. The number of nitrogens with one attached hydrogen (secondary N) is 2. The molecule has 1 unspecified atom stereocenters. The Morgan fingerprint density at radius 2 is 2.06 bits per heavy atom. The summed E-state index contributed by atoms with van der Waals surface area (Å²) in [5.41, 5.74) is 5.55. The van der Waals surface area contributed by atoms with E-state index in [2.05, 4.69) is 40.5 Å². The van der Waals surface area contributed by atoms with E-state index in [9.17, 15) is 4.39 Å². The van der Waals surface area contributed by atoms with Gasteiger partial charge in [-0.3, -0.25) is 0 Å². The Kier molecular flexibility index (Phi) is 5.56. The van der Waals surface area contributed by atoms with E-state index >= 15 is 0 Å². The standard InChI is InChI=1S/C25H22FN5S/c1-15-13-32-14-21(15)17-4-5-23-20(8-17)24(18-2-3-19(10-27)22(26)9-18)31-25(30-23)29-12-16-6-7-28-11-16/h2-5,8-9,13-14,16,28H,6-7,11-12H2,1H3,(H,29,30,31). The van der Waals surface area contributed by atoms with Gasteiger partial charge in [-0.2, -0.15) is 16.6 Å². The van der Waals surface area contributed by atoms with E-state index in [1.807, 2.05) is 12.1 Å². The number of nitrogens with zero attached hydrogens (tertiary/aromatic N) is 3. The van der Waals surface area contributed by atoms with Gasteiger partial charge < -0.3 is 10.6 Å². The van der Waals surface area contributed by atoms with Gasteiger partial charge in [-0.05, 0) is 84.1 Å². The van der Waals surface area contributed by atoms with Crippen molar-refractivity contribution in [1.82, 2.24) is 15.3 Å². The van der Waals surface area contributed by atoms with Crippen LogP contribution in [0.15, 0.2) is 47.2 Å². The summed E-state index contributed by atoms with van der Waals surface area (Å²) in [6, 6.07) is 12.6. The summed E-state index contributed by atoms with van der Waals surface area (Å²) in [6.45, 7) is 4.89. The molecule has 7 heteroatoms. The second kappa shape index (κ2) is 8.65. The smallest absolute Gasteiger partial charge is 0.223 e. The summed E-state index contributed by atoms with van der Waals surface area (Å²) in [6.07, 6.45) is 1.12. The van der Waals surface area contributed by atoms with E-state index in [4.69, 9.17) is 15.2 Å². The lowest BCUT2D eigenvalue weighted by molar-refractivity contribution is 0.613. The minimum Gasteiger partial charge on any atom is -0.354 e. The molecule has 5 rings (SSSR count). The fraction of sp³-hybridized carbons (Fsp3) is 0.240. The van der Waals surface area contributed by atoms with Crippen LogP contribution >= 0.6 is 11.3 Å². The first-order valence-electron chi connectivity index (χ1n) is 10.6. The van der Waals surface area contributed by atoms with Gasteiger partial charge in [0, 0.05) is 17.5 Å². The normalized spacial score (nSPS) is 15.7. The van der Waals surface area contributed by atoms with Gasteiger partial charge >= 0.3 is 0 Å². The van der Waals surface area contributed by atoms with Crippen LogP contribution in [0.2, 0.25) is 0 Å². The Labute approximate surface area is 190 Å². The minimum atomic E-state index is -0.548. The maximum atomic E-state index is 14.5. The molecule has 2 aromatic carbocycles. The maximum absolute atomic E-state index is 14.5. The number of aromatic nitrogens is 2. The first-order chi connectivity index (χ1) is 15.6. The zero-order valence-corrected chi connectivity index (χ0v) is 18.5. The van der Waals surface area contributed by atoms with Crippen molar-refractivity contribution in [2.45, 2.75) is 13.3 Å². The van der Waals surface area contributed by atoms with Crippen LogP contribution in [-0.4, -0.2) is 29.6 Å². The van der Waals surface area contributed by atoms with Crippen molar-refractivity contribution in [2.24, 2.45) is 5.92 Å². The third kappa shape index (κ3) is 3.95. The highest BCUT2D eigenvalue weighted by Crippen LogP contribution is 2.34. The van der Waals surface area contributed by atoms with Gasteiger partial charge in [0.15, 0.2) is 0 Å². The molecular weight excluding hydrogens is 421 g/mol. The van der Waals surface area contributed by atoms with Crippen LogP contribution in [0.5, 0.6) is 0 Å². The molecule has 1 aliphatic heterocycles. The van der Waals surface area contributed by atoms with Gasteiger partial charge in [0.05, 0.1) is 16.8 Å². The number of hydrogen-bond donors (Lipinski definition) is 2. The summed E-state index contributed by atoms with van der Waals surface area (Å²) >= 11 is 1.67. The predicted octanol–water partition coefficient (Wildman–Crippen LogP) is 5.37. The van der Waals surface area contributed by atoms with Crippen molar-refractivity contribution < 1.29 is 4.39 Å². The maximum Gasteiger partial charge on any atom is 0.223 e. The molecule has 1 fully saturated rings. The number of halogens is 1. The van der Waals surface area contributed by atoms with Crippen LogP contribution in [-0.2, 0) is 0 Å². The molecule has 160 valence electrons. The molecule has 1 atom stereocenters. The molecule has 0 saturated carbocycles. The van der Waals surface area contributed by atoms with Crippen LogP contribution < -0.4 is 10.6 Å². The third-order valence-corrected chi connectivity index (χ3v) is 6.80. The first kappa shape index (κ1) is 20.6. The van der Waals surface area contributed by atoms with E-state index in [1.54, 1.807) is 17.4 Å². The second-order valence-corrected chi connectivity index (χ2v) is 8.89. The van der Waals surface area contributed by atoms with Crippen molar-refractivity contribution >= 4 is 28.2 Å². The van der Waals surface area contributed by atoms with Crippen LogP contribution in [0.1, 0.15) is 17.5 Å². The minimum absolute atomic E-state index is 0.0220. The first-order valence-corrected chi connectivity index (χ1v) is 11.6. The molecular formula is C25H22FN5S. The van der Waals surface area contributed by atoms with Gasteiger partial charge in [0.1, 0.15) is 11.9 Å². The number of hydrogen-bond acceptors (Lipinski definition) is 6. The molecule has 0 radical (unpaired) electrons. The van der Waals surface area contributed by atoms with Gasteiger partial charge in [-0.1, -0.05) is 12.1 Å². The number of aryl methyl sites for hydroxylation is 1. The van der Waals surface area contributed by atoms with Crippen LogP contribution in [0, 0.1) is 30.0 Å². The van der Waals surface area contributed by atoms with Crippen molar-refractivity contribution in [3.63, 3.8) is 0 Å². The summed E-state index contributed by atoms with van der Waals surface area (Å²) < 4.78 is 14.5. The molecule has 3 heterocycles. The molecule has 0 spiro atoms. The third-order valence-electron chi connectivity index (χ3n) is 5.94. The Morgan fingerprint density at radius 1 is 1.19 bits per heavy atom. The number of benzene rings is 2. The van der Waals surface area contributed by atoms with Gasteiger partial charge in [-0.25, -0.2) is 14.4 Å². The monoisotopic (exact) mass is 443 g/mol. The summed E-state index contributed by atoms with van der Waals surface area (Å²) in [5, 5.41) is 21.0. The number of nitriles is 1. The Balaban J connectivity index is 1.63.